The van der Waals surface area contributed by atoms with Crippen LogP contribution in [0.15, 0.2) is 53.4 Å². The molecule has 0 spiro atoms. The quantitative estimate of drug-likeness (QED) is 0.686. The van der Waals surface area contributed by atoms with Gasteiger partial charge in [0.15, 0.2) is 18.1 Å². The van der Waals surface area contributed by atoms with Crippen molar-refractivity contribution in [1.82, 2.24) is 4.72 Å². The zero-order valence-corrected chi connectivity index (χ0v) is 15.8. The lowest BCUT2D eigenvalue weighted by Crippen LogP contribution is -2.26. The Kier molecular flexibility index (Phi) is 5.98. The summed E-state index contributed by atoms with van der Waals surface area (Å²) in [6, 6.07) is 13.2. The summed E-state index contributed by atoms with van der Waals surface area (Å²) in [5.41, 5.74) is 0.389. The fraction of sp³-hybridized carbons (Fsp3) is 0.316. The predicted molar refractivity (Wildman–Crippen MR) is 102 cm³/mol. The van der Waals surface area contributed by atoms with E-state index in [9.17, 15) is 13.2 Å². The van der Waals surface area contributed by atoms with E-state index in [1.165, 1.54) is 12.1 Å². The maximum absolute atomic E-state index is 12.3. The number of nitrogens with one attached hydrogen (secondary N) is 2. The molecule has 7 nitrogen and oxygen atoms in total. The predicted octanol–water partition coefficient (Wildman–Crippen LogP) is 2.54. The fourth-order valence-corrected chi connectivity index (χ4v) is 3.76. The van der Waals surface area contributed by atoms with E-state index in [-0.39, 0.29) is 17.5 Å². The Balaban J connectivity index is 1.60. The molecule has 0 radical (unpaired) electrons. The van der Waals surface area contributed by atoms with Gasteiger partial charge in [-0.1, -0.05) is 18.2 Å². The van der Waals surface area contributed by atoms with E-state index in [1.807, 2.05) is 13.0 Å². The molecule has 27 heavy (non-hydrogen) atoms. The van der Waals surface area contributed by atoms with Crippen molar-refractivity contribution in [3.8, 4) is 11.5 Å². The molecular formula is C19H22N2O5S. The minimum atomic E-state index is -3.57. The smallest absolute Gasteiger partial charge is 0.262 e. The molecule has 2 aromatic carbocycles. The average Bonchev–Trinajstić information content (AvgIpc) is 3.45. The molecule has 0 aliphatic heterocycles. The lowest BCUT2D eigenvalue weighted by molar-refractivity contribution is -0.118. The van der Waals surface area contributed by atoms with E-state index < -0.39 is 15.9 Å². The highest BCUT2D eigenvalue weighted by molar-refractivity contribution is 7.89. The molecule has 2 aromatic rings. The first-order valence-corrected chi connectivity index (χ1v) is 10.2. The number of carbonyl (C=O) groups excluding carboxylic acids is 1. The van der Waals surface area contributed by atoms with Gasteiger partial charge in [0.25, 0.3) is 5.91 Å². The fourth-order valence-electron chi connectivity index (χ4n) is 2.41. The van der Waals surface area contributed by atoms with Gasteiger partial charge in [0.05, 0.1) is 11.5 Å². The van der Waals surface area contributed by atoms with Crippen LogP contribution in [0, 0.1) is 0 Å². The van der Waals surface area contributed by atoms with Gasteiger partial charge in [-0.15, -0.1) is 0 Å². The van der Waals surface area contributed by atoms with Crippen molar-refractivity contribution in [2.45, 2.75) is 30.7 Å². The zero-order chi connectivity index (χ0) is 19.3. The van der Waals surface area contributed by atoms with Crippen molar-refractivity contribution < 1.29 is 22.7 Å². The molecule has 1 aliphatic rings. The number of rotatable bonds is 9. The first kappa shape index (κ1) is 19.2. The van der Waals surface area contributed by atoms with Crippen molar-refractivity contribution in [2.24, 2.45) is 0 Å². The minimum Gasteiger partial charge on any atom is -0.490 e. The number of benzene rings is 2. The molecule has 0 bridgehead atoms. The number of hydrogen-bond donors (Lipinski definition) is 2. The van der Waals surface area contributed by atoms with Gasteiger partial charge in [0.1, 0.15) is 0 Å². The van der Waals surface area contributed by atoms with Crippen molar-refractivity contribution in [3.63, 3.8) is 0 Å². The summed E-state index contributed by atoms with van der Waals surface area (Å²) in [6.45, 7) is 2.13. The number of sulfonamides is 1. The minimum absolute atomic E-state index is 0.0204. The Morgan fingerprint density at radius 1 is 1.07 bits per heavy atom. The van der Waals surface area contributed by atoms with E-state index in [0.717, 1.165) is 12.8 Å². The molecule has 2 N–H and O–H groups in total. The molecule has 1 fully saturated rings. The van der Waals surface area contributed by atoms with Gasteiger partial charge in [0.2, 0.25) is 10.0 Å². The van der Waals surface area contributed by atoms with E-state index >= 15 is 0 Å². The molecule has 1 aliphatic carbocycles. The standard InChI is InChI=1S/C19H22N2O5S/c1-2-25-17-8-3-4-9-18(17)26-13-19(22)20-15-6-5-7-16(12-15)27(23,24)21-14-10-11-14/h3-9,12,14,21H,2,10-11,13H2,1H3,(H,20,22). The van der Waals surface area contributed by atoms with Crippen LogP contribution in [0.2, 0.25) is 0 Å². The van der Waals surface area contributed by atoms with Crippen LogP contribution < -0.4 is 19.5 Å². The second-order valence-electron chi connectivity index (χ2n) is 6.14. The molecule has 0 saturated heterocycles. The second-order valence-corrected chi connectivity index (χ2v) is 7.85. The number of anilines is 1. The zero-order valence-electron chi connectivity index (χ0n) is 15.0. The lowest BCUT2D eigenvalue weighted by atomic mass is 10.3. The summed E-state index contributed by atoms with van der Waals surface area (Å²) in [5, 5.41) is 2.65. The molecule has 1 saturated carbocycles. The van der Waals surface area contributed by atoms with Crippen molar-refractivity contribution >= 4 is 21.6 Å². The van der Waals surface area contributed by atoms with Crippen molar-refractivity contribution in [1.29, 1.82) is 0 Å². The molecule has 0 unspecified atom stereocenters. The van der Waals surface area contributed by atoms with Crippen LogP contribution >= 0.6 is 0 Å². The molecular weight excluding hydrogens is 368 g/mol. The Bertz CT molecular complexity index is 910. The number of amides is 1. The third kappa shape index (κ3) is 5.45. The molecule has 1 amide bonds. The number of para-hydroxylation sites is 2. The summed E-state index contributed by atoms with van der Waals surface area (Å²) in [5.74, 6) is 0.637. The Morgan fingerprint density at radius 3 is 2.44 bits per heavy atom. The number of hydrogen-bond acceptors (Lipinski definition) is 5. The maximum Gasteiger partial charge on any atom is 0.262 e. The average molecular weight is 390 g/mol. The first-order valence-electron chi connectivity index (χ1n) is 8.75. The second kappa shape index (κ2) is 8.41. The van der Waals surface area contributed by atoms with Gasteiger partial charge in [-0.2, -0.15) is 0 Å². The summed E-state index contributed by atoms with van der Waals surface area (Å²) in [4.78, 5) is 12.3. The molecule has 144 valence electrons. The van der Waals surface area contributed by atoms with E-state index in [4.69, 9.17) is 9.47 Å². The maximum atomic E-state index is 12.3. The highest BCUT2D eigenvalue weighted by Gasteiger charge is 2.28. The number of ether oxygens (including phenoxy) is 2. The highest BCUT2D eigenvalue weighted by atomic mass is 32.2. The Morgan fingerprint density at radius 2 is 1.78 bits per heavy atom. The van der Waals surface area contributed by atoms with Gasteiger partial charge in [0, 0.05) is 11.7 Å². The third-order valence-corrected chi connectivity index (χ3v) is 5.35. The SMILES string of the molecule is CCOc1ccccc1OCC(=O)Nc1cccc(S(=O)(=O)NC2CC2)c1. The molecule has 0 heterocycles. The van der Waals surface area contributed by atoms with Gasteiger partial charge in [-0.25, -0.2) is 13.1 Å². The summed E-state index contributed by atoms with van der Waals surface area (Å²) in [7, 11) is -3.57. The van der Waals surface area contributed by atoms with Crippen LogP contribution in [0.25, 0.3) is 0 Å². The Labute approximate surface area is 158 Å². The third-order valence-electron chi connectivity index (χ3n) is 3.84. The first-order chi connectivity index (χ1) is 13.0. The van der Waals surface area contributed by atoms with Crippen LogP contribution in [0.4, 0.5) is 5.69 Å². The van der Waals surface area contributed by atoms with Gasteiger partial charge in [-0.05, 0) is 50.1 Å². The molecule has 3 rings (SSSR count). The molecule has 0 atom stereocenters. The molecule has 0 aromatic heterocycles. The molecule has 8 heteroatoms. The van der Waals surface area contributed by atoms with Crippen molar-refractivity contribution in [2.75, 3.05) is 18.5 Å². The van der Waals surface area contributed by atoms with Gasteiger partial charge >= 0.3 is 0 Å². The van der Waals surface area contributed by atoms with Crippen LogP contribution in [0.1, 0.15) is 19.8 Å². The van der Waals surface area contributed by atoms with Gasteiger partial charge < -0.3 is 14.8 Å². The monoisotopic (exact) mass is 390 g/mol. The Hall–Kier alpha value is -2.58. The normalized spacial score (nSPS) is 13.8. The van der Waals surface area contributed by atoms with E-state index in [0.29, 0.717) is 23.8 Å². The van der Waals surface area contributed by atoms with Crippen LogP contribution in [0.5, 0.6) is 11.5 Å². The summed E-state index contributed by atoms with van der Waals surface area (Å²) >= 11 is 0. The van der Waals surface area contributed by atoms with E-state index in [1.54, 1.807) is 30.3 Å². The summed E-state index contributed by atoms with van der Waals surface area (Å²) < 4.78 is 38.1. The van der Waals surface area contributed by atoms with Gasteiger partial charge in [-0.3, -0.25) is 4.79 Å². The topological polar surface area (TPSA) is 93.7 Å². The largest absolute Gasteiger partial charge is 0.490 e. The van der Waals surface area contributed by atoms with Crippen LogP contribution in [-0.2, 0) is 14.8 Å². The van der Waals surface area contributed by atoms with Crippen molar-refractivity contribution in [3.05, 3.63) is 48.5 Å². The number of carbonyl (C=O) groups is 1. The van der Waals surface area contributed by atoms with Crippen LogP contribution in [-0.4, -0.2) is 33.6 Å². The van der Waals surface area contributed by atoms with E-state index in [2.05, 4.69) is 10.0 Å². The lowest BCUT2D eigenvalue weighted by Gasteiger charge is -2.12. The highest BCUT2D eigenvalue weighted by Crippen LogP contribution is 2.26. The summed E-state index contributed by atoms with van der Waals surface area (Å²) in [6.07, 6.45) is 1.71. The van der Waals surface area contributed by atoms with Crippen LogP contribution in [0.3, 0.4) is 0 Å².